The highest BCUT2D eigenvalue weighted by atomic mass is 16.5. The van der Waals surface area contributed by atoms with Crippen LogP contribution >= 0.6 is 0 Å². The first-order valence-electron chi connectivity index (χ1n) is 9.20. The topological polar surface area (TPSA) is 81.7 Å². The van der Waals surface area contributed by atoms with Crippen LogP contribution in [0.5, 0.6) is 0 Å². The minimum absolute atomic E-state index is 0.000851. The Bertz CT molecular complexity index is 717. The van der Waals surface area contributed by atoms with Crippen molar-refractivity contribution in [2.24, 2.45) is 0 Å². The average molecular weight is 369 g/mol. The molecule has 0 atom stereocenters. The van der Waals surface area contributed by atoms with Crippen molar-refractivity contribution >= 4 is 23.2 Å². The summed E-state index contributed by atoms with van der Waals surface area (Å²) in [4.78, 5) is 25.1. The summed E-state index contributed by atoms with van der Waals surface area (Å²) in [5, 5.41) is 11.7. The second-order valence-electron chi connectivity index (χ2n) is 6.49. The van der Waals surface area contributed by atoms with Crippen molar-refractivity contribution in [1.29, 1.82) is 0 Å². The summed E-state index contributed by atoms with van der Waals surface area (Å²) in [6.45, 7) is 0.676. The summed E-state index contributed by atoms with van der Waals surface area (Å²) in [6, 6.07) is 17.4. The van der Waals surface area contributed by atoms with Crippen LogP contribution in [-0.2, 0) is 4.79 Å². The lowest BCUT2D eigenvalue weighted by Gasteiger charge is -2.17. The number of rotatable bonds is 10. The monoisotopic (exact) mass is 369 g/mol. The third kappa shape index (κ3) is 7.11. The standard InChI is InChI=1S/C21H27N3O3/c1-24(16-8-3-2-7-11-20(25)23-27)21(26)17-12-14-19(15-13-17)22-18-9-5-4-6-10-18/h4-6,9-10,12-15,22,27H,2-3,7-8,11,16H2,1H3,(H,23,25). The van der Waals surface area contributed by atoms with Crippen molar-refractivity contribution in [3.05, 3.63) is 60.2 Å². The molecule has 0 bridgehead atoms. The number of unbranched alkanes of at least 4 members (excludes halogenated alkanes) is 3. The first-order valence-corrected chi connectivity index (χ1v) is 9.20. The van der Waals surface area contributed by atoms with Gasteiger partial charge in [0, 0.05) is 37.0 Å². The Morgan fingerprint density at radius 2 is 1.52 bits per heavy atom. The van der Waals surface area contributed by atoms with Gasteiger partial charge < -0.3 is 10.2 Å². The zero-order valence-electron chi connectivity index (χ0n) is 15.6. The molecule has 2 amide bonds. The van der Waals surface area contributed by atoms with Gasteiger partial charge in [-0.3, -0.25) is 14.8 Å². The second kappa shape index (κ2) is 11.0. The van der Waals surface area contributed by atoms with Crippen LogP contribution in [0.2, 0.25) is 0 Å². The maximum atomic E-state index is 12.5. The largest absolute Gasteiger partial charge is 0.356 e. The molecule has 0 saturated carbocycles. The van der Waals surface area contributed by atoms with Crippen molar-refractivity contribution < 1.29 is 14.8 Å². The fourth-order valence-electron chi connectivity index (χ4n) is 2.75. The van der Waals surface area contributed by atoms with Crippen LogP contribution in [0.4, 0.5) is 11.4 Å². The predicted octanol–water partition coefficient (Wildman–Crippen LogP) is 3.96. The molecule has 0 aliphatic rings. The number of nitrogens with zero attached hydrogens (tertiary/aromatic N) is 1. The zero-order chi connectivity index (χ0) is 19.5. The van der Waals surface area contributed by atoms with Crippen LogP contribution in [0, 0.1) is 0 Å². The number of amides is 2. The molecule has 0 saturated heterocycles. The number of benzene rings is 2. The molecule has 0 heterocycles. The van der Waals surface area contributed by atoms with Gasteiger partial charge in [0.25, 0.3) is 5.91 Å². The molecule has 2 aromatic rings. The Hall–Kier alpha value is -2.86. The van der Waals surface area contributed by atoms with E-state index in [9.17, 15) is 9.59 Å². The molecule has 2 rings (SSSR count). The molecule has 0 radical (unpaired) electrons. The third-order valence-corrected chi connectivity index (χ3v) is 4.31. The molecule has 0 fully saturated rings. The Morgan fingerprint density at radius 3 is 2.19 bits per heavy atom. The maximum Gasteiger partial charge on any atom is 0.253 e. The third-order valence-electron chi connectivity index (χ3n) is 4.31. The normalized spacial score (nSPS) is 10.3. The highest BCUT2D eigenvalue weighted by molar-refractivity contribution is 5.94. The number of hydroxylamine groups is 1. The molecule has 6 heteroatoms. The molecule has 2 aromatic carbocycles. The SMILES string of the molecule is CN(CCCCCCC(=O)NO)C(=O)c1ccc(Nc2ccccc2)cc1. The van der Waals surface area contributed by atoms with Crippen molar-refractivity contribution in [3.8, 4) is 0 Å². The molecular weight excluding hydrogens is 342 g/mol. The molecule has 3 N–H and O–H groups in total. The van der Waals surface area contributed by atoms with Gasteiger partial charge in [-0.05, 0) is 49.2 Å². The molecule has 0 aromatic heterocycles. The summed E-state index contributed by atoms with van der Waals surface area (Å²) in [5.41, 5.74) is 4.23. The lowest BCUT2D eigenvalue weighted by atomic mass is 10.1. The fraction of sp³-hybridized carbons (Fsp3) is 0.333. The quantitative estimate of drug-likeness (QED) is 0.336. The molecular formula is C21H27N3O3. The van der Waals surface area contributed by atoms with E-state index in [2.05, 4.69) is 5.32 Å². The summed E-state index contributed by atoms with van der Waals surface area (Å²) < 4.78 is 0. The lowest BCUT2D eigenvalue weighted by molar-refractivity contribution is -0.129. The van der Waals surface area contributed by atoms with Gasteiger partial charge in [0.2, 0.25) is 5.91 Å². The van der Waals surface area contributed by atoms with E-state index in [4.69, 9.17) is 5.21 Å². The van der Waals surface area contributed by atoms with Gasteiger partial charge in [0.15, 0.2) is 0 Å². The van der Waals surface area contributed by atoms with E-state index in [1.54, 1.807) is 17.4 Å². The second-order valence-corrected chi connectivity index (χ2v) is 6.49. The van der Waals surface area contributed by atoms with Crippen LogP contribution in [0.1, 0.15) is 42.5 Å². The van der Waals surface area contributed by atoms with Crippen molar-refractivity contribution in [2.45, 2.75) is 32.1 Å². The first-order chi connectivity index (χ1) is 13.1. The van der Waals surface area contributed by atoms with Crippen LogP contribution in [0.25, 0.3) is 0 Å². The van der Waals surface area contributed by atoms with Gasteiger partial charge in [0.1, 0.15) is 0 Å². The highest BCUT2D eigenvalue weighted by Crippen LogP contribution is 2.17. The van der Waals surface area contributed by atoms with Gasteiger partial charge >= 0.3 is 0 Å². The first kappa shape index (κ1) is 20.5. The van der Waals surface area contributed by atoms with E-state index < -0.39 is 0 Å². The molecule has 6 nitrogen and oxygen atoms in total. The summed E-state index contributed by atoms with van der Waals surface area (Å²) >= 11 is 0. The maximum absolute atomic E-state index is 12.5. The Balaban J connectivity index is 1.73. The van der Waals surface area contributed by atoms with Crippen molar-refractivity contribution in [2.75, 3.05) is 18.9 Å². The van der Waals surface area contributed by atoms with Gasteiger partial charge in [-0.2, -0.15) is 0 Å². The van der Waals surface area contributed by atoms with E-state index >= 15 is 0 Å². The van der Waals surface area contributed by atoms with E-state index in [1.165, 1.54) is 0 Å². The summed E-state index contributed by atoms with van der Waals surface area (Å²) in [7, 11) is 1.80. The van der Waals surface area contributed by atoms with Gasteiger partial charge in [-0.1, -0.05) is 31.0 Å². The van der Waals surface area contributed by atoms with E-state index in [-0.39, 0.29) is 11.8 Å². The molecule has 0 unspecified atom stereocenters. The lowest BCUT2D eigenvalue weighted by Crippen LogP contribution is -2.27. The minimum Gasteiger partial charge on any atom is -0.356 e. The number of hydrogen-bond donors (Lipinski definition) is 3. The van der Waals surface area contributed by atoms with Crippen LogP contribution in [0.3, 0.4) is 0 Å². The van der Waals surface area contributed by atoms with Gasteiger partial charge in [-0.15, -0.1) is 0 Å². The number of anilines is 2. The molecule has 0 spiro atoms. The Morgan fingerprint density at radius 1 is 0.889 bits per heavy atom. The number of para-hydroxylation sites is 1. The van der Waals surface area contributed by atoms with Crippen LogP contribution in [-0.4, -0.2) is 35.5 Å². The number of nitrogens with one attached hydrogen (secondary N) is 2. The molecule has 27 heavy (non-hydrogen) atoms. The zero-order valence-corrected chi connectivity index (χ0v) is 15.6. The van der Waals surface area contributed by atoms with Crippen LogP contribution < -0.4 is 10.8 Å². The number of carbonyl (C=O) groups excluding carboxylic acids is 2. The average Bonchev–Trinajstić information content (AvgIpc) is 2.71. The van der Waals surface area contributed by atoms with E-state index in [0.717, 1.165) is 37.1 Å². The van der Waals surface area contributed by atoms with E-state index in [0.29, 0.717) is 18.5 Å². The minimum atomic E-state index is -0.354. The summed E-state index contributed by atoms with van der Waals surface area (Å²) in [6.07, 6.45) is 3.79. The molecule has 0 aliphatic carbocycles. The Labute approximate surface area is 160 Å². The molecule has 0 aliphatic heterocycles. The van der Waals surface area contributed by atoms with Crippen molar-refractivity contribution in [1.82, 2.24) is 10.4 Å². The smallest absolute Gasteiger partial charge is 0.253 e. The number of carbonyl (C=O) groups is 2. The summed E-state index contributed by atoms with van der Waals surface area (Å²) in [5.74, 6) is -0.353. The van der Waals surface area contributed by atoms with Crippen molar-refractivity contribution in [3.63, 3.8) is 0 Å². The molecule has 144 valence electrons. The van der Waals surface area contributed by atoms with Crippen LogP contribution in [0.15, 0.2) is 54.6 Å². The fourth-order valence-corrected chi connectivity index (χ4v) is 2.75. The van der Waals surface area contributed by atoms with Gasteiger partial charge in [0.05, 0.1) is 0 Å². The predicted molar refractivity (Wildman–Crippen MR) is 106 cm³/mol. The van der Waals surface area contributed by atoms with E-state index in [1.807, 2.05) is 54.6 Å². The Kier molecular flexibility index (Phi) is 8.32. The number of hydrogen-bond acceptors (Lipinski definition) is 4. The highest BCUT2D eigenvalue weighted by Gasteiger charge is 2.11. The van der Waals surface area contributed by atoms with Gasteiger partial charge in [-0.25, -0.2) is 5.48 Å².